The average Bonchev–Trinajstić information content (AvgIpc) is 1.90. The van der Waals surface area contributed by atoms with Gasteiger partial charge in [-0.2, -0.15) is 0 Å². The summed E-state index contributed by atoms with van der Waals surface area (Å²) in [4.78, 5) is 0. The van der Waals surface area contributed by atoms with Crippen molar-refractivity contribution in [3.8, 4) is 0 Å². The minimum atomic E-state index is 0.248. The number of nitrogens with one attached hydrogen (secondary N) is 1. The van der Waals surface area contributed by atoms with Crippen LogP contribution in [0.2, 0.25) is 0 Å². The molecule has 0 heterocycles. The first kappa shape index (κ1) is 7.03. The molecule has 0 amide bonds. The van der Waals surface area contributed by atoms with E-state index < -0.39 is 0 Å². The Balaban J connectivity index is 2.37. The third-order valence-electron chi connectivity index (χ3n) is 2.31. The predicted molar refractivity (Wildman–Crippen MR) is 38.8 cm³/mol. The molecule has 54 valence electrons. The summed E-state index contributed by atoms with van der Waals surface area (Å²) in [7, 11) is 0. The number of nitrogens with two attached hydrogens (primary N) is 1. The summed E-state index contributed by atoms with van der Waals surface area (Å²) in [6, 6.07) is 0. The topological polar surface area (TPSA) is 38.0 Å². The van der Waals surface area contributed by atoms with E-state index in [0.29, 0.717) is 0 Å². The Labute approximate surface area is 56.8 Å². The van der Waals surface area contributed by atoms with E-state index in [9.17, 15) is 0 Å². The molecule has 2 nitrogen and oxygen atoms in total. The minimum Gasteiger partial charge on any atom is -0.271 e. The van der Waals surface area contributed by atoms with E-state index in [2.05, 4.69) is 12.3 Å². The summed E-state index contributed by atoms with van der Waals surface area (Å²) in [6.07, 6.45) is 6.53. The summed E-state index contributed by atoms with van der Waals surface area (Å²) >= 11 is 0. The molecule has 3 N–H and O–H groups in total. The van der Waals surface area contributed by atoms with Crippen LogP contribution < -0.4 is 11.3 Å². The lowest BCUT2D eigenvalue weighted by Crippen LogP contribution is -2.47. The zero-order valence-electron chi connectivity index (χ0n) is 6.11. The molecule has 0 saturated heterocycles. The maximum absolute atomic E-state index is 5.39. The van der Waals surface area contributed by atoms with E-state index in [-0.39, 0.29) is 5.54 Å². The maximum Gasteiger partial charge on any atom is 0.0293 e. The lowest BCUT2D eigenvalue weighted by Gasteiger charge is -2.32. The third kappa shape index (κ3) is 1.66. The summed E-state index contributed by atoms with van der Waals surface area (Å²) < 4.78 is 0. The molecule has 0 aromatic rings. The normalized spacial score (nSPS) is 26.0. The van der Waals surface area contributed by atoms with Crippen molar-refractivity contribution in [1.82, 2.24) is 5.43 Å². The summed E-state index contributed by atoms with van der Waals surface area (Å²) in [5, 5.41) is 0. The lowest BCUT2D eigenvalue weighted by atomic mass is 9.84. The zero-order chi connectivity index (χ0) is 6.74. The molecule has 0 aromatic heterocycles. The number of rotatable bonds is 1. The smallest absolute Gasteiger partial charge is 0.0293 e. The summed E-state index contributed by atoms with van der Waals surface area (Å²) in [6.45, 7) is 2.20. The van der Waals surface area contributed by atoms with Gasteiger partial charge < -0.3 is 0 Å². The highest BCUT2D eigenvalue weighted by atomic mass is 15.3. The van der Waals surface area contributed by atoms with Gasteiger partial charge in [0, 0.05) is 5.54 Å². The van der Waals surface area contributed by atoms with Crippen LogP contribution in [0, 0.1) is 0 Å². The second-order valence-electron chi connectivity index (χ2n) is 3.27. The fraction of sp³-hybridized carbons (Fsp3) is 1.00. The van der Waals surface area contributed by atoms with Gasteiger partial charge in [0.2, 0.25) is 0 Å². The molecule has 1 aliphatic rings. The van der Waals surface area contributed by atoms with Crippen molar-refractivity contribution in [3.63, 3.8) is 0 Å². The van der Waals surface area contributed by atoms with Crippen molar-refractivity contribution in [2.75, 3.05) is 0 Å². The van der Waals surface area contributed by atoms with E-state index in [1.54, 1.807) is 0 Å². The van der Waals surface area contributed by atoms with Gasteiger partial charge in [0.1, 0.15) is 0 Å². The van der Waals surface area contributed by atoms with Gasteiger partial charge in [-0.05, 0) is 19.8 Å². The fourth-order valence-corrected chi connectivity index (χ4v) is 1.48. The Morgan fingerprint density at radius 3 is 2.11 bits per heavy atom. The van der Waals surface area contributed by atoms with Crippen LogP contribution in [0.5, 0.6) is 0 Å². The van der Waals surface area contributed by atoms with Gasteiger partial charge in [0.15, 0.2) is 0 Å². The Kier molecular flexibility index (Phi) is 2.09. The SMILES string of the molecule is CC1(NN)CCCCC1. The summed E-state index contributed by atoms with van der Waals surface area (Å²) in [5.74, 6) is 5.39. The van der Waals surface area contributed by atoms with Crippen LogP contribution in [0.1, 0.15) is 39.0 Å². The molecule has 0 bridgehead atoms. The molecule has 9 heavy (non-hydrogen) atoms. The van der Waals surface area contributed by atoms with Gasteiger partial charge in [-0.25, -0.2) is 0 Å². The third-order valence-corrected chi connectivity index (χ3v) is 2.31. The minimum absolute atomic E-state index is 0.248. The number of hydrogen-bond acceptors (Lipinski definition) is 2. The van der Waals surface area contributed by atoms with Gasteiger partial charge in [-0.1, -0.05) is 19.3 Å². The maximum atomic E-state index is 5.39. The second kappa shape index (κ2) is 2.67. The van der Waals surface area contributed by atoms with Crippen molar-refractivity contribution in [2.45, 2.75) is 44.6 Å². The fourth-order valence-electron chi connectivity index (χ4n) is 1.48. The Morgan fingerprint density at radius 1 is 1.22 bits per heavy atom. The lowest BCUT2D eigenvalue weighted by molar-refractivity contribution is 0.258. The highest BCUT2D eigenvalue weighted by Crippen LogP contribution is 2.26. The van der Waals surface area contributed by atoms with Crippen LogP contribution >= 0.6 is 0 Å². The van der Waals surface area contributed by atoms with Gasteiger partial charge in [-0.15, -0.1) is 0 Å². The molecule has 0 spiro atoms. The average molecular weight is 128 g/mol. The van der Waals surface area contributed by atoms with Gasteiger partial charge in [-0.3, -0.25) is 11.3 Å². The van der Waals surface area contributed by atoms with Crippen molar-refractivity contribution in [1.29, 1.82) is 0 Å². The molecule has 1 rings (SSSR count). The van der Waals surface area contributed by atoms with E-state index in [1.165, 1.54) is 32.1 Å². The first-order chi connectivity index (χ1) is 4.27. The van der Waals surface area contributed by atoms with E-state index >= 15 is 0 Å². The molecule has 1 saturated carbocycles. The van der Waals surface area contributed by atoms with Crippen LogP contribution in [0.25, 0.3) is 0 Å². The standard InChI is InChI=1S/C7H16N2/c1-7(9-8)5-3-2-4-6-7/h9H,2-6,8H2,1H3. The first-order valence-corrected chi connectivity index (χ1v) is 3.75. The summed E-state index contributed by atoms with van der Waals surface area (Å²) in [5.41, 5.74) is 3.13. The van der Waals surface area contributed by atoms with E-state index in [0.717, 1.165) is 0 Å². The molecule has 1 aliphatic carbocycles. The molecular formula is C7H16N2. The molecular weight excluding hydrogens is 112 g/mol. The van der Waals surface area contributed by atoms with Crippen molar-refractivity contribution >= 4 is 0 Å². The zero-order valence-corrected chi connectivity index (χ0v) is 6.11. The largest absolute Gasteiger partial charge is 0.271 e. The number of hydrazine groups is 1. The van der Waals surface area contributed by atoms with Crippen molar-refractivity contribution < 1.29 is 0 Å². The van der Waals surface area contributed by atoms with E-state index in [4.69, 9.17) is 5.84 Å². The first-order valence-electron chi connectivity index (χ1n) is 3.75. The molecule has 0 aromatic carbocycles. The van der Waals surface area contributed by atoms with Crippen LogP contribution in [-0.2, 0) is 0 Å². The van der Waals surface area contributed by atoms with Crippen LogP contribution in [0.4, 0.5) is 0 Å². The Hall–Kier alpha value is -0.0800. The monoisotopic (exact) mass is 128 g/mol. The quantitative estimate of drug-likeness (QED) is 0.411. The molecule has 2 heteroatoms. The predicted octanol–water partition coefficient (Wildman–Crippen LogP) is 1.17. The van der Waals surface area contributed by atoms with Crippen molar-refractivity contribution in [3.05, 3.63) is 0 Å². The molecule has 0 radical (unpaired) electrons. The Bertz CT molecular complexity index is 84.9. The van der Waals surface area contributed by atoms with Gasteiger partial charge in [0.25, 0.3) is 0 Å². The van der Waals surface area contributed by atoms with Crippen molar-refractivity contribution in [2.24, 2.45) is 5.84 Å². The Morgan fingerprint density at radius 2 is 1.78 bits per heavy atom. The molecule has 0 aliphatic heterocycles. The van der Waals surface area contributed by atoms with Crippen LogP contribution in [-0.4, -0.2) is 5.54 Å². The second-order valence-corrected chi connectivity index (χ2v) is 3.27. The molecule has 1 fully saturated rings. The highest BCUT2D eigenvalue weighted by molar-refractivity contribution is 4.83. The molecule has 0 unspecified atom stereocenters. The van der Waals surface area contributed by atoms with Gasteiger partial charge >= 0.3 is 0 Å². The highest BCUT2D eigenvalue weighted by Gasteiger charge is 2.24. The molecule has 0 atom stereocenters. The van der Waals surface area contributed by atoms with E-state index in [1.807, 2.05) is 0 Å². The van der Waals surface area contributed by atoms with Gasteiger partial charge in [0.05, 0.1) is 0 Å². The van der Waals surface area contributed by atoms with Crippen LogP contribution in [0.3, 0.4) is 0 Å². The van der Waals surface area contributed by atoms with Crippen LogP contribution in [0.15, 0.2) is 0 Å². The number of hydrogen-bond donors (Lipinski definition) is 2.